The third kappa shape index (κ3) is 3.78. The predicted molar refractivity (Wildman–Crippen MR) is 78.7 cm³/mol. The Bertz CT molecular complexity index is 347. The van der Waals surface area contributed by atoms with Gasteiger partial charge in [0.25, 0.3) is 0 Å². The normalized spacial score (nSPS) is 20.6. The van der Waals surface area contributed by atoms with Crippen LogP contribution in [0.15, 0.2) is 15.9 Å². The molecule has 2 nitrogen and oxygen atoms in total. The molecule has 1 aromatic heterocycles. The molecule has 2 rings (SSSR count). The van der Waals surface area contributed by atoms with Gasteiger partial charge in [0.05, 0.1) is 0 Å². The van der Waals surface area contributed by atoms with Gasteiger partial charge >= 0.3 is 0 Å². The van der Waals surface area contributed by atoms with Crippen molar-refractivity contribution >= 4 is 27.3 Å². The zero-order valence-corrected chi connectivity index (χ0v) is 13.0. The van der Waals surface area contributed by atoms with E-state index in [2.05, 4.69) is 51.4 Å². The van der Waals surface area contributed by atoms with Crippen LogP contribution in [0.5, 0.6) is 0 Å². The SMILES string of the molecule is CC(NCC(C)N1CCCC1)c1cc(Br)cs1. The first-order valence-electron chi connectivity index (χ1n) is 6.38. The summed E-state index contributed by atoms with van der Waals surface area (Å²) < 4.78 is 1.19. The molecule has 0 spiro atoms. The summed E-state index contributed by atoms with van der Waals surface area (Å²) in [7, 11) is 0. The van der Waals surface area contributed by atoms with E-state index < -0.39 is 0 Å². The summed E-state index contributed by atoms with van der Waals surface area (Å²) in [5.41, 5.74) is 0. The lowest BCUT2D eigenvalue weighted by Gasteiger charge is -2.25. The molecule has 1 N–H and O–H groups in total. The first kappa shape index (κ1) is 13.5. The Morgan fingerprint density at radius 1 is 1.41 bits per heavy atom. The Hall–Kier alpha value is 0.1000. The van der Waals surface area contributed by atoms with Gasteiger partial charge in [-0.3, -0.25) is 4.90 Å². The molecule has 17 heavy (non-hydrogen) atoms. The maximum absolute atomic E-state index is 3.64. The summed E-state index contributed by atoms with van der Waals surface area (Å²) >= 11 is 5.33. The van der Waals surface area contributed by atoms with E-state index in [9.17, 15) is 0 Å². The molecule has 96 valence electrons. The summed E-state index contributed by atoms with van der Waals surface area (Å²) in [6.07, 6.45) is 2.75. The molecule has 4 heteroatoms. The molecular weight excluding hydrogens is 296 g/mol. The van der Waals surface area contributed by atoms with E-state index in [1.807, 2.05) is 11.3 Å². The van der Waals surface area contributed by atoms with Gasteiger partial charge in [-0.25, -0.2) is 0 Å². The predicted octanol–water partition coefficient (Wildman–Crippen LogP) is 3.65. The van der Waals surface area contributed by atoms with Crippen LogP contribution in [-0.4, -0.2) is 30.6 Å². The maximum atomic E-state index is 3.64. The number of nitrogens with zero attached hydrogens (tertiary/aromatic N) is 1. The lowest BCUT2D eigenvalue weighted by atomic mass is 10.2. The molecular formula is C13H21BrN2S. The van der Waals surface area contributed by atoms with Gasteiger partial charge in [0.2, 0.25) is 0 Å². The molecule has 1 fully saturated rings. The molecule has 1 aromatic rings. The molecule has 1 saturated heterocycles. The van der Waals surface area contributed by atoms with Gasteiger partial charge in [0.15, 0.2) is 0 Å². The molecule has 0 radical (unpaired) electrons. The van der Waals surface area contributed by atoms with Gasteiger partial charge in [-0.1, -0.05) is 0 Å². The fourth-order valence-electron chi connectivity index (χ4n) is 2.31. The number of likely N-dealkylation sites (tertiary alicyclic amines) is 1. The minimum absolute atomic E-state index is 0.455. The second kappa shape index (κ2) is 6.32. The Balaban J connectivity index is 1.77. The van der Waals surface area contributed by atoms with E-state index in [0.717, 1.165) is 6.54 Å². The highest BCUT2D eigenvalue weighted by Gasteiger charge is 2.18. The average Bonchev–Trinajstić information content (AvgIpc) is 2.95. The monoisotopic (exact) mass is 316 g/mol. The number of hydrogen-bond acceptors (Lipinski definition) is 3. The standard InChI is InChI=1S/C13H21BrN2S/c1-10(16-5-3-4-6-16)8-15-11(2)13-7-12(14)9-17-13/h7,9-11,15H,3-6,8H2,1-2H3. The van der Waals surface area contributed by atoms with Crippen LogP contribution in [0.2, 0.25) is 0 Å². The van der Waals surface area contributed by atoms with Crippen molar-refractivity contribution in [1.29, 1.82) is 0 Å². The van der Waals surface area contributed by atoms with Crippen LogP contribution in [0.4, 0.5) is 0 Å². The Kier molecular flexibility index (Phi) is 5.03. The molecule has 2 atom stereocenters. The topological polar surface area (TPSA) is 15.3 Å². The first-order chi connectivity index (χ1) is 8.16. The van der Waals surface area contributed by atoms with Gasteiger partial charge in [-0.2, -0.15) is 0 Å². The summed E-state index contributed by atoms with van der Waals surface area (Å²) in [5.74, 6) is 0. The Labute approximate surface area is 117 Å². The van der Waals surface area contributed by atoms with E-state index >= 15 is 0 Å². The molecule has 0 aromatic carbocycles. The minimum atomic E-state index is 0.455. The third-order valence-electron chi connectivity index (χ3n) is 3.50. The first-order valence-corrected chi connectivity index (χ1v) is 8.05. The fourth-order valence-corrected chi connectivity index (χ4v) is 3.79. The Morgan fingerprint density at radius 3 is 2.71 bits per heavy atom. The molecule has 0 bridgehead atoms. The van der Waals surface area contributed by atoms with Gasteiger partial charge in [-0.15, -0.1) is 11.3 Å². The van der Waals surface area contributed by atoms with Crippen LogP contribution in [0.25, 0.3) is 0 Å². The van der Waals surface area contributed by atoms with Gasteiger partial charge in [-0.05, 0) is 61.8 Å². The highest BCUT2D eigenvalue weighted by atomic mass is 79.9. The Morgan fingerprint density at radius 2 is 2.12 bits per heavy atom. The highest BCUT2D eigenvalue weighted by molar-refractivity contribution is 9.10. The number of hydrogen-bond donors (Lipinski definition) is 1. The van der Waals surface area contributed by atoms with Crippen LogP contribution in [0, 0.1) is 0 Å². The van der Waals surface area contributed by atoms with Crippen LogP contribution < -0.4 is 5.32 Å². The third-order valence-corrected chi connectivity index (χ3v) is 5.37. The second-order valence-electron chi connectivity index (χ2n) is 4.89. The van der Waals surface area contributed by atoms with E-state index in [4.69, 9.17) is 0 Å². The molecule has 2 heterocycles. The minimum Gasteiger partial charge on any atom is -0.308 e. The van der Waals surface area contributed by atoms with Crippen molar-refractivity contribution in [2.75, 3.05) is 19.6 Å². The molecule has 1 aliphatic heterocycles. The van der Waals surface area contributed by atoms with Crippen molar-refractivity contribution in [3.05, 3.63) is 20.8 Å². The van der Waals surface area contributed by atoms with E-state index in [1.54, 1.807) is 0 Å². The second-order valence-corrected chi connectivity index (χ2v) is 6.75. The van der Waals surface area contributed by atoms with Crippen molar-refractivity contribution in [1.82, 2.24) is 10.2 Å². The molecule has 1 aliphatic rings. The number of nitrogens with one attached hydrogen (secondary N) is 1. The van der Waals surface area contributed by atoms with E-state index in [0.29, 0.717) is 12.1 Å². The molecule has 0 saturated carbocycles. The number of rotatable bonds is 5. The molecule has 0 aliphatic carbocycles. The lowest BCUT2D eigenvalue weighted by Crippen LogP contribution is -2.39. The quantitative estimate of drug-likeness (QED) is 0.892. The average molecular weight is 317 g/mol. The summed E-state index contributed by atoms with van der Waals surface area (Å²) in [5, 5.41) is 5.79. The van der Waals surface area contributed by atoms with Crippen LogP contribution >= 0.6 is 27.3 Å². The summed E-state index contributed by atoms with van der Waals surface area (Å²) in [6, 6.07) is 3.32. The summed E-state index contributed by atoms with van der Waals surface area (Å²) in [4.78, 5) is 4.00. The van der Waals surface area contributed by atoms with Crippen molar-refractivity contribution < 1.29 is 0 Å². The van der Waals surface area contributed by atoms with Crippen LogP contribution in [-0.2, 0) is 0 Å². The van der Waals surface area contributed by atoms with E-state index in [1.165, 1.54) is 35.3 Å². The zero-order valence-electron chi connectivity index (χ0n) is 10.6. The number of thiophene rings is 1. The van der Waals surface area contributed by atoms with Crippen molar-refractivity contribution in [2.24, 2.45) is 0 Å². The van der Waals surface area contributed by atoms with Crippen LogP contribution in [0.3, 0.4) is 0 Å². The molecule has 2 unspecified atom stereocenters. The van der Waals surface area contributed by atoms with Gasteiger partial charge in [0.1, 0.15) is 0 Å². The molecule has 0 amide bonds. The van der Waals surface area contributed by atoms with Gasteiger partial charge in [0, 0.05) is 33.4 Å². The van der Waals surface area contributed by atoms with Crippen molar-refractivity contribution in [3.8, 4) is 0 Å². The fraction of sp³-hybridized carbons (Fsp3) is 0.692. The van der Waals surface area contributed by atoms with Crippen molar-refractivity contribution in [3.63, 3.8) is 0 Å². The lowest BCUT2D eigenvalue weighted by molar-refractivity contribution is 0.247. The smallest absolute Gasteiger partial charge is 0.0387 e. The van der Waals surface area contributed by atoms with Gasteiger partial charge < -0.3 is 5.32 Å². The largest absolute Gasteiger partial charge is 0.308 e. The zero-order chi connectivity index (χ0) is 12.3. The number of halogens is 1. The van der Waals surface area contributed by atoms with Crippen LogP contribution in [0.1, 0.15) is 37.6 Å². The summed E-state index contributed by atoms with van der Waals surface area (Å²) in [6.45, 7) is 8.21. The van der Waals surface area contributed by atoms with Crippen molar-refractivity contribution in [2.45, 2.75) is 38.8 Å². The maximum Gasteiger partial charge on any atom is 0.0387 e. The highest BCUT2D eigenvalue weighted by Crippen LogP contribution is 2.25. The van der Waals surface area contributed by atoms with E-state index in [-0.39, 0.29) is 0 Å².